The Hall–Kier alpha value is -1.94. The van der Waals surface area contributed by atoms with Gasteiger partial charge in [0.15, 0.2) is 12.2 Å². The second-order valence-corrected chi connectivity index (χ2v) is 30.7. The van der Waals surface area contributed by atoms with E-state index < -0.39 is 97.5 Å². The van der Waals surface area contributed by atoms with E-state index >= 15 is 0 Å². The molecule has 0 aliphatic heterocycles. The van der Waals surface area contributed by atoms with Gasteiger partial charge < -0.3 is 33.8 Å². The summed E-state index contributed by atoms with van der Waals surface area (Å²) in [5, 5.41) is 10.6. The molecule has 0 fully saturated rings. The van der Waals surface area contributed by atoms with Gasteiger partial charge in [-0.25, -0.2) is 9.13 Å². The van der Waals surface area contributed by atoms with Gasteiger partial charge in [0.05, 0.1) is 26.4 Å². The van der Waals surface area contributed by atoms with Crippen LogP contribution in [0.25, 0.3) is 0 Å². The van der Waals surface area contributed by atoms with Crippen LogP contribution in [0.3, 0.4) is 0 Å². The van der Waals surface area contributed by atoms with Gasteiger partial charge in [-0.1, -0.05) is 337 Å². The summed E-state index contributed by atoms with van der Waals surface area (Å²) in [5.74, 6) is -0.694. The molecule has 0 aromatic rings. The summed E-state index contributed by atoms with van der Waals surface area (Å²) in [6.45, 7) is 9.48. The molecule has 0 aromatic carbocycles. The van der Waals surface area contributed by atoms with Gasteiger partial charge in [-0.15, -0.1) is 0 Å². The number of phosphoric ester groups is 2. The van der Waals surface area contributed by atoms with E-state index in [4.69, 9.17) is 37.0 Å². The lowest BCUT2D eigenvalue weighted by molar-refractivity contribution is -0.161. The maximum absolute atomic E-state index is 13.1. The lowest BCUT2D eigenvalue weighted by Crippen LogP contribution is -2.30. The molecule has 19 heteroatoms. The zero-order valence-corrected chi connectivity index (χ0v) is 63.1. The monoisotopic (exact) mass is 1380 g/mol. The lowest BCUT2D eigenvalue weighted by Gasteiger charge is -2.21. The summed E-state index contributed by atoms with van der Waals surface area (Å²) in [4.78, 5) is 72.7. The number of esters is 4. The van der Waals surface area contributed by atoms with Crippen LogP contribution < -0.4 is 0 Å². The minimum Gasteiger partial charge on any atom is -0.462 e. The molecule has 0 saturated heterocycles. The summed E-state index contributed by atoms with van der Waals surface area (Å²) in [6, 6.07) is 0. The molecule has 17 nitrogen and oxygen atoms in total. The van der Waals surface area contributed by atoms with E-state index in [0.29, 0.717) is 31.6 Å². The first-order valence-corrected chi connectivity index (χ1v) is 42.0. The van der Waals surface area contributed by atoms with Gasteiger partial charge in [-0.3, -0.25) is 37.3 Å². The van der Waals surface area contributed by atoms with Crippen LogP contribution in [0.4, 0.5) is 0 Å². The summed E-state index contributed by atoms with van der Waals surface area (Å²) in [7, 11) is -9.91. The molecule has 6 atom stereocenters. The molecular weight excluding hydrogens is 1230 g/mol. The Balaban J connectivity index is 5.22. The van der Waals surface area contributed by atoms with Gasteiger partial charge in [-0.05, 0) is 37.5 Å². The highest BCUT2D eigenvalue weighted by Crippen LogP contribution is 2.45. The Morgan fingerprint density at radius 2 is 0.543 bits per heavy atom. The van der Waals surface area contributed by atoms with Crippen molar-refractivity contribution in [1.82, 2.24) is 0 Å². The number of unbranched alkanes of at least 4 members (excludes halogenated alkanes) is 43. The van der Waals surface area contributed by atoms with E-state index in [1.807, 2.05) is 0 Å². The summed E-state index contributed by atoms with van der Waals surface area (Å²) in [5.41, 5.74) is 0. The van der Waals surface area contributed by atoms with Crippen molar-refractivity contribution < 1.29 is 80.2 Å². The molecule has 0 amide bonds. The summed E-state index contributed by atoms with van der Waals surface area (Å²) < 4.78 is 68.4. The molecule has 0 spiro atoms. The first kappa shape index (κ1) is 92.1. The quantitative estimate of drug-likeness (QED) is 0.0222. The number of ether oxygens (including phenoxy) is 4. The van der Waals surface area contributed by atoms with Crippen molar-refractivity contribution in [2.45, 2.75) is 407 Å². The molecule has 0 saturated carbocycles. The van der Waals surface area contributed by atoms with Crippen molar-refractivity contribution in [3.63, 3.8) is 0 Å². The van der Waals surface area contributed by atoms with Crippen LogP contribution in [0.1, 0.15) is 388 Å². The Kier molecular flexibility index (Phi) is 65.5. The van der Waals surface area contributed by atoms with E-state index in [9.17, 15) is 43.2 Å². The first-order valence-electron chi connectivity index (χ1n) is 39.0. The van der Waals surface area contributed by atoms with E-state index in [2.05, 4.69) is 41.5 Å². The SMILES string of the molecule is CCCCCCCCCCCCCCCCCCCCC(=O)O[C@H](COC(=O)CCCCCCCCCCCCCCCCCC)COP(=O)(O)OC[C@@H](O)COP(=O)(O)OC[C@@H](COC(=O)CCCCCCCCC(C)CC)OC(=O)CCCCCCCCCC(C)C. The average molecular weight is 1380 g/mol. The van der Waals surface area contributed by atoms with Gasteiger partial charge in [-0.2, -0.15) is 0 Å². The van der Waals surface area contributed by atoms with Gasteiger partial charge in [0.1, 0.15) is 19.3 Å². The summed E-state index contributed by atoms with van der Waals surface area (Å²) >= 11 is 0. The van der Waals surface area contributed by atoms with Crippen molar-refractivity contribution >= 4 is 39.5 Å². The largest absolute Gasteiger partial charge is 0.472 e. The molecule has 558 valence electrons. The first-order chi connectivity index (χ1) is 45.4. The minimum absolute atomic E-state index is 0.103. The minimum atomic E-state index is -4.96. The number of carbonyl (C=O) groups is 4. The average Bonchev–Trinajstić information content (AvgIpc) is 1.42. The third kappa shape index (κ3) is 67.3. The molecule has 0 aliphatic carbocycles. The van der Waals surface area contributed by atoms with Crippen LogP contribution in [0.2, 0.25) is 0 Å². The zero-order chi connectivity index (χ0) is 69.3. The van der Waals surface area contributed by atoms with Crippen molar-refractivity contribution in [3.05, 3.63) is 0 Å². The molecule has 94 heavy (non-hydrogen) atoms. The molecule has 0 radical (unpaired) electrons. The molecule has 0 rings (SSSR count). The van der Waals surface area contributed by atoms with Crippen LogP contribution in [0, 0.1) is 11.8 Å². The van der Waals surface area contributed by atoms with Crippen molar-refractivity contribution in [3.8, 4) is 0 Å². The fourth-order valence-corrected chi connectivity index (χ4v) is 13.0. The van der Waals surface area contributed by atoms with Gasteiger partial charge in [0.25, 0.3) is 0 Å². The van der Waals surface area contributed by atoms with Crippen LogP contribution in [-0.4, -0.2) is 96.7 Å². The highest BCUT2D eigenvalue weighted by molar-refractivity contribution is 7.47. The van der Waals surface area contributed by atoms with Gasteiger partial charge >= 0.3 is 39.5 Å². The topological polar surface area (TPSA) is 237 Å². The van der Waals surface area contributed by atoms with E-state index in [1.165, 1.54) is 199 Å². The number of rotatable bonds is 74. The predicted molar refractivity (Wildman–Crippen MR) is 381 cm³/mol. The van der Waals surface area contributed by atoms with Crippen molar-refractivity contribution in [2.24, 2.45) is 11.8 Å². The number of hydrogen-bond acceptors (Lipinski definition) is 15. The molecule has 0 aliphatic rings. The molecule has 3 unspecified atom stereocenters. The van der Waals surface area contributed by atoms with Gasteiger partial charge in [0.2, 0.25) is 0 Å². The van der Waals surface area contributed by atoms with Gasteiger partial charge in [0, 0.05) is 25.7 Å². The lowest BCUT2D eigenvalue weighted by atomic mass is 10.00. The van der Waals surface area contributed by atoms with Crippen molar-refractivity contribution in [2.75, 3.05) is 39.6 Å². The number of hydrogen-bond donors (Lipinski definition) is 3. The zero-order valence-electron chi connectivity index (χ0n) is 61.3. The van der Waals surface area contributed by atoms with E-state index in [-0.39, 0.29) is 25.7 Å². The third-order valence-corrected chi connectivity index (χ3v) is 19.7. The predicted octanol–water partition coefficient (Wildman–Crippen LogP) is 21.9. The highest BCUT2D eigenvalue weighted by Gasteiger charge is 2.30. The molecule has 0 heterocycles. The smallest absolute Gasteiger partial charge is 0.462 e. The fourth-order valence-electron chi connectivity index (χ4n) is 11.4. The van der Waals surface area contributed by atoms with Crippen LogP contribution >= 0.6 is 15.6 Å². The van der Waals surface area contributed by atoms with Crippen LogP contribution in [0.5, 0.6) is 0 Å². The molecule has 0 bridgehead atoms. The van der Waals surface area contributed by atoms with E-state index in [0.717, 1.165) is 102 Å². The summed E-state index contributed by atoms with van der Waals surface area (Å²) in [6.07, 6.45) is 54.3. The Labute approximate surface area is 575 Å². The van der Waals surface area contributed by atoms with Crippen LogP contribution in [0.15, 0.2) is 0 Å². The molecular formula is C75H146O17P2. The third-order valence-electron chi connectivity index (χ3n) is 17.8. The Morgan fingerprint density at radius 3 is 0.809 bits per heavy atom. The highest BCUT2D eigenvalue weighted by atomic mass is 31.2. The van der Waals surface area contributed by atoms with Crippen LogP contribution in [-0.2, 0) is 65.4 Å². The normalized spacial score (nSPS) is 14.3. The number of aliphatic hydroxyl groups is 1. The molecule has 0 aromatic heterocycles. The van der Waals surface area contributed by atoms with E-state index in [1.54, 1.807) is 0 Å². The number of phosphoric acid groups is 2. The number of carbonyl (C=O) groups excluding carboxylic acids is 4. The Morgan fingerprint density at radius 1 is 0.309 bits per heavy atom. The Bertz CT molecular complexity index is 1820. The maximum Gasteiger partial charge on any atom is 0.472 e. The standard InChI is InChI=1S/C75H146O17P2/c1-7-10-12-14-16-18-20-22-24-26-27-29-31-33-35-39-47-53-59-74(79)91-70(63-85-72(77)57-51-45-38-34-32-30-28-25-23-21-19-17-15-13-11-8-2)65-89-93(81,82)87-61-69(76)62-88-94(83,84)90-66-71(92-75(80)60-54-48-40-36-37-43-49-55-67(4)5)64-86-73(78)58-52-46-42-41-44-50-56-68(6)9-3/h67-71,76H,7-66H2,1-6H3,(H,81,82)(H,83,84)/t68?,69-,70-,71-/m1/s1. The fraction of sp³-hybridized carbons (Fsp3) is 0.947. The number of aliphatic hydroxyl groups excluding tert-OH is 1. The second-order valence-electron chi connectivity index (χ2n) is 27.8. The maximum atomic E-state index is 13.1. The van der Waals surface area contributed by atoms with Crippen molar-refractivity contribution in [1.29, 1.82) is 0 Å². The second kappa shape index (κ2) is 66.9. The molecule has 3 N–H and O–H groups in total.